The number of hydrogen-bond acceptors (Lipinski definition) is 8. The molecule has 3 heterocycles. The third-order valence-electron chi connectivity index (χ3n) is 6.21. The van der Waals surface area contributed by atoms with Gasteiger partial charge in [0.2, 0.25) is 11.8 Å². The largest absolute Gasteiger partial charge is 0.482 e. The van der Waals surface area contributed by atoms with Gasteiger partial charge in [-0.2, -0.15) is 13.2 Å². The number of thiazole rings is 1. The lowest BCUT2D eigenvalue weighted by Crippen LogP contribution is -2.32. The van der Waals surface area contributed by atoms with Crippen LogP contribution in [0.5, 0.6) is 5.75 Å². The number of alkyl halides is 3. The van der Waals surface area contributed by atoms with E-state index in [1.165, 1.54) is 6.07 Å². The van der Waals surface area contributed by atoms with E-state index in [-0.39, 0.29) is 18.0 Å². The Labute approximate surface area is 235 Å². The molecule has 39 heavy (non-hydrogen) atoms. The van der Waals surface area contributed by atoms with Gasteiger partial charge in [-0.05, 0) is 43.3 Å². The van der Waals surface area contributed by atoms with Crippen molar-refractivity contribution >= 4 is 62.5 Å². The van der Waals surface area contributed by atoms with E-state index in [0.29, 0.717) is 19.9 Å². The maximum Gasteiger partial charge on any atom is 0.416 e. The lowest BCUT2D eigenvalue weighted by molar-refractivity contribution is -0.145. The highest BCUT2D eigenvalue weighted by Gasteiger charge is 2.57. The highest BCUT2D eigenvalue weighted by atomic mass is 79.9. The van der Waals surface area contributed by atoms with Gasteiger partial charge in [-0.3, -0.25) is 14.4 Å². The molecule has 2 unspecified atom stereocenters. The van der Waals surface area contributed by atoms with E-state index < -0.39 is 58.1 Å². The Hall–Kier alpha value is -3.10. The quantitative estimate of drug-likeness (QED) is 0.299. The number of nitrogens with zero attached hydrogens (tertiary/aromatic N) is 1. The van der Waals surface area contributed by atoms with E-state index >= 15 is 0 Å². The van der Waals surface area contributed by atoms with Gasteiger partial charge in [0, 0.05) is 20.8 Å². The van der Waals surface area contributed by atoms with Gasteiger partial charge >= 0.3 is 17.0 Å². The molecule has 0 saturated carbocycles. The minimum absolute atomic E-state index is 0.154. The Morgan fingerprint density at radius 1 is 1.13 bits per heavy atom. The van der Waals surface area contributed by atoms with Crippen LogP contribution >= 0.6 is 39.0 Å². The molecule has 3 atom stereocenters. The van der Waals surface area contributed by atoms with Crippen LogP contribution in [0, 0.1) is 5.92 Å². The molecule has 0 radical (unpaired) electrons. The molecular weight excluding hydrogens is 625 g/mol. The number of amides is 2. The number of carbonyl (C=O) groups is 3. The molecule has 14 heteroatoms. The number of ether oxygens (including phenoxy) is 2. The molecule has 1 N–H and O–H groups in total. The van der Waals surface area contributed by atoms with Crippen molar-refractivity contribution in [1.29, 1.82) is 0 Å². The first-order valence-corrected chi connectivity index (χ1v) is 14.0. The topological polar surface area (TPSA) is 106 Å². The summed E-state index contributed by atoms with van der Waals surface area (Å²) in [6.07, 6.45) is -4.67. The van der Waals surface area contributed by atoms with Gasteiger partial charge in [-0.25, -0.2) is 9.69 Å². The lowest BCUT2D eigenvalue weighted by Gasteiger charge is -2.31. The fraction of sp³-hybridized carbons (Fsp3) is 0.280. The molecule has 0 bridgehead atoms. The summed E-state index contributed by atoms with van der Waals surface area (Å²) in [7, 11) is 0. The number of halogens is 4. The second-order valence-electron chi connectivity index (χ2n) is 8.59. The Morgan fingerprint density at radius 2 is 1.90 bits per heavy atom. The zero-order valence-electron chi connectivity index (χ0n) is 19.9. The summed E-state index contributed by atoms with van der Waals surface area (Å²) in [5.74, 6) is -3.71. The predicted molar refractivity (Wildman–Crippen MR) is 140 cm³/mol. The normalized spacial score (nSPS) is 20.5. The maximum atomic E-state index is 13.9. The van der Waals surface area contributed by atoms with E-state index in [9.17, 15) is 32.3 Å². The van der Waals surface area contributed by atoms with Gasteiger partial charge in [0.25, 0.3) is 0 Å². The zero-order chi connectivity index (χ0) is 28.1. The molecule has 2 aliphatic heterocycles. The molecule has 204 valence electrons. The number of H-pyrrole nitrogens is 1. The Morgan fingerprint density at radius 3 is 2.62 bits per heavy atom. The van der Waals surface area contributed by atoms with Gasteiger partial charge in [-0.1, -0.05) is 45.1 Å². The molecule has 2 amide bonds. The average Bonchev–Trinajstić information content (AvgIpc) is 3.37. The summed E-state index contributed by atoms with van der Waals surface area (Å²) in [4.78, 5) is 55.3. The minimum Gasteiger partial charge on any atom is -0.482 e. The molecule has 0 spiro atoms. The van der Waals surface area contributed by atoms with Crippen LogP contribution < -0.4 is 14.5 Å². The van der Waals surface area contributed by atoms with E-state index in [1.807, 2.05) is 0 Å². The molecule has 5 rings (SSSR count). The number of nitrogens with one attached hydrogen (secondary N) is 1. The Kier molecular flexibility index (Phi) is 7.37. The van der Waals surface area contributed by atoms with Crippen molar-refractivity contribution in [2.24, 2.45) is 5.92 Å². The third kappa shape index (κ3) is 5.12. The average molecular weight is 643 g/mol. The smallest absolute Gasteiger partial charge is 0.416 e. The van der Waals surface area contributed by atoms with Crippen molar-refractivity contribution < 1.29 is 37.0 Å². The highest BCUT2D eigenvalue weighted by Crippen LogP contribution is 2.55. The monoisotopic (exact) mass is 642 g/mol. The molecule has 8 nitrogen and oxygen atoms in total. The standard InChI is InChI=1S/C25H18BrF3N2O6S2/c1-2-36-16(32)10-37-15-7-6-12(26)9-14(15)17-18-20(38-21-19(17)39-24(35)30-21)23(34)31(22(18)33)13-5-3-4-11(8-13)25(27,28)29/h3-9,17-18,20H,2,10H2,1H3,(H,30,35)/t17-,18?,20?/m1/s1. The lowest BCUT2D eigenvalue weighted by atomic mass is 9.82. The van der Waals surface area contributed by atoms with Crippen LogP contribution in [0.25, 0.3) is 0 Å². The van der Waals surface area contributed by atoms with Crippen molar-refractivity contribution in [2.75, 3.05) is 18.1 Å². The van der Waals surface area contributed by atoms with Crippen LogP contribution in [0.2, 0.25) is 0 Å². The number of hydrogen-bond donors (Lipinski definition) is 1. The van der Waals surface area contributed by atoms with Crippen molar-refractivity contribution in [2.45, 2.75) is 29.3 Å². The Balaban J connectivity index is 1.61. The summed E-state index contributed by atoms with van der Waals surface area (Å²) in [5, 5.41) is -0.633. The summed E-state index contributed by atoms with van der Waals surface area (Å²) in [5.41, 5.74) is -0.768. The maximum absolute atomic E-state index is 13.9. The molecule has 2 aromatic carbocycles. The second-order valence-corrected chi connectivity index (χ2v) is 11.7. The summed E-state index contributed by atoms with van der Waals surface area (Å²) in [6.45, 7) is 1.39. The molecule has 2 aliphatic rings. The molecule has 0 aliphatic carbocycles. The van der Waals surface area contributed by atoms with Crippen LogP contribution in [0.4, 0.5) is 18.9 Å². The van der Waals surface area contributed by atoms with Crippen molar-refractivity contribution in [3.63, 3.8) is 0 Å². The van der Waals surface area contributed by atoms with Crippen LogP contribution in [0.3, 0.4) is 0 Å². The SMILES string of the molecule is CCOC(=O)COc1ccc(Br)cc1[C@H]1c2sc(=O)[nH]c2SC2C(=O)N(c3cccc(C(F)(F)F)c3)C(=O)C21. The van der Waals surface area contributed by atoms with Crippen LogP contribution in [0.1, 0.15) is 28.8 Å². The van der Waals surface area contributed by atoms with E-state index in [0.717, 1.165) is 46.2 Å². The first-order valence-electron chi connectivity index (χ1n) is 11.5. The van der Waals surface area contributed by atoms with Gasteiger partial charge in [0.05, 0.1) is 28.8 Å². The first-order chi connectivity index (χ1) is 18.5. The summed E-state index contributed by atoms with van der Waals surface area (Å²) >= 11 is 5.27. The number of thioether (sulfide) groups is 1. The first kappa shape index (κ1) is 27.5. The number of rotatable bonds is 6. The number of benzene rings is 2. The highest BCUT2D eigenvalue weighted by molar-refractivity contribution is 9.10. The number of anilines is 1. The molecular formula is C25H18BrF3N2O6S2. The molecule has 1 aromatic heterocycles. The number of aromatic nitrogens is 1. The summed E-state index contributed by atoms with van der Waals surface area (Å²) in [6, 6.07) is 8.93. The number of carbonyl (C=O) groups excluding carboxylic acids is 3. The molecule has 3 aromatic rings. The van der Waals surface area contributed by atoms with Crippen LogP contribution in [0.15, 0.2) is 56.8 Å². The van der Waals surface area contributed by atoms with Gasteiger partial charge in [-0.15, -0.1) is 0 Å². The van der Waals surface area contributed by atoms with Crippen molar-refractivity contribution in [3.8, 4) is 5.75 Å². The fourth-order valence-electron chi connectivity index (χ4n) is 4.66. The van der Waals surface area contributed by atoms with E-state index in [1.54, 1.807) is 25.1 Å². The van der Waals surface area contributed by atoms with Crippen molar-refractivity contribution in [1.82, 2.24) is 4.98 Å². The molecule has 1 saturated heterocycles. The van der Waals surface area contributed by atoms with Gasteiger partial charge in [0.15, 0.2) is 6.61 Å². The second kappa shape index (κ2) is 10.5. The number of fused-ring (bicyclic) bond motifs is 2. The van der Waals surface area contributed by atoms with Crippen molar-refractivity contribution in [3.05, 3.63) is 72.6 Å². The number of aromatic amines is 1. The van der Waals surface area contributed by atoms with Crippen LogP contribution in [-0.2, 0) is 25.3 Å². The fourth-order valence-corrected chi connectivity index (χ4v) is 7.55. The third-order valence-corrected chi connectivity index (χ3v) is 9.11. The number of imide groups is 1. The van der Waals surface area contributed by atoms with Gasteiger partial charge < -0.3 is 14.5 Å². The van der Waals surface area contributed by atoms with Gasteiger partial charge in [0.1, 0.15) is 11.0 Å². The number of esters is 1. The van der Waals surface area contributed by atoms with Crippen LogP contribution in [-0.4, -0.2) is 41.2 Å². The Bertz CT molecular complexity index is 1540. The minimum atomic E-state index is -4.67. The zero-order valence-corrected chi connectivity index (χ0v) is 23.1. The molecule has 1 fully saturated rings. The predicted octanol–water partition coefficient (Wildman–Crippen LogP) is 4.96. The van der Waals surface area contributed by atoms with E-state index in [2.05, 4.69) is 20.9 Å². The summed E-state index contributed by atoms with van der Waals surface area (Å²) < 4.78 is 51.4. The van der Waals surface area contributed by atoms with E-state index in [4.69, 9.17) is 9.47 Å².